The molecule has 0 bridgehead atoms. The van der Waals surface area contributed by atoms with Crippen LogP contribution in [0.25, 0.3) is 11.2 Å². The molecule has 6 nitrogen and oxygen atoms in total. The first-order valence-corrected chi connectivity index (χ1v) is 7.29. The van der Waals surface area contributed by atoms with Crippen molar-refractivity contribution in [1.82, 2.24) is 24.3 Å². The van der Waals surface area contributed by atoms with Crippen molar-refractivity contribution in [2.75, 3.05) is 7.11 Å². The molecule has 0 saturated heterocycles. The molecular formula is C14H16ClN5O. The number of ether oxygens (including phenoxy) is 1. The highest BCUT2D eigenvalue weighted by atomic mass is 35.5. The number of fused-ring (bicyclic) bond motifs is 1. The third-order valence-corrected chi connectivity index (χ3v) is 3.54. The van der Waals surface area contributed by atoms with Crippen LogP contribution in [0.5, 0.6) is 5.88 Å². The molecule has 0 aliphatic heterocycles. The van der Waals surface area contributed by atoms with Gasteiger partial charge in [0.25, 0.3) is 0 Å². The van der Waals surface area contributed by atoms with Crippen LogP contribution in [0.2, 0.25) is 0 Å². The monoisotopic (exact) mass is 305 g/mol. The van der Waals surface area contributed by atoms with E-state index in [0.29, 0.717) is 11.8 Å². The Bertz CT molecular complexity index is 722. The van der Waals surface area contributed by atoms with E-state index in [9.17, 15) is 0 Å². The van der Waals surface area contributed by atoms with Gasteiger partial charge in [-0.3, -0.25) is 4.68 Å². The number of hydrogen-bond donors (Lipinski definition) is 0. The zero-order chi connectivity index (χ0) is 14.7. The normalized spacial score (nSPS) is 11.1. The van der Waals surface area contributed by atoms with E-state index in [-0.39, 0.29) is 0 Å². The Morgan fingerprint density at radius 2 is 2.14 bits per heavy atom. The largest absolute Gasteiger partial charge is 0.481 e. The lowest BCUT2D eigenvalue weighted by Gasteiger charge is -2.07. The summed E-state index contributed by atoms with van der Waals surface area (Å²) in [7, 11) is 1.61. The van der Waals surface area contributed by atoms with Crippen LogP contribution in [-0.2, 0) is 19.0 Å². The van der Waals surface area contributed by atoms with Crippen molar-refractivity contribution in [2.24, 2.45) is 0 Å². The lowest BCUT2D eigenvalue weighted by molar-refractivity contribution is 0.398. The fourth-order valence-corrected chi connectivity index (χ4v) is 2.51. The molecule has 3 aromatic heterocycles. The molecule has 0 N–H and O–H groups in total. The fraction of sp³-hybridized carbons (Fsp3) is 0.357. The average molecular weight is 306 g/mol. The molecule has 3 rings (SSSR count). The van der Waals surface area contributed by atoms with Crippen LogP contribution in [0.3, 0.4) is 0 Å². The van der Waals surface area contributed by atoms with Gasteiger partial charge in [0, 0.05) is 31.5 Å². The van der Waals surface area contributed by atoms with Gasteiger partial charge >= 0.3 is 0 Å². The maximum atomic E-state index is 6.00. The summed E-state index contributed by atoms with van der Waals surface area (Å²) < 4.78 is 9.14. The van der Waals surface area contributed by atoms with Crippen molar-refractivity contribution in [3.63, 3.8) is 0 Å². The second kappa shape index (κ2) is 6.13. The molecule has 0 spiro atoms. The lowest BCUT2D eigenvalue weighted by Crippen LogP contribution is -2.07. The molecule has 0 unspecified atom stereocenters. The highest BCUT2D eigenvalue weighted by molar-refractivity contribution is 6.16. The van der Waals surface area contributed by atoms with Crippen LogP contribution < -0.4 is 4.74 Å². The summed E-state index contributed by atoms with van der Waals surface area (Å²) in [5.74, 6) is 1.77. The Labute approximate surface area is 127 Å². The second-order valence-electron chi connectivity index (χ2n) is 4.63. The number of pyridine rings is 1. The van der Waals surface area contributed by atoms with Crippen molar-refractivity contribution in [3.8, 4) is 5.88 Å². The van der Waals surface area contributed by atoms with Gasteiger partial charge in [-0.25, -0.2) is 4.98 Å². The van der Waals surface area contributed by atoms with Gasteiger partial charge in [-0.15, -0.1) is 11.6 Å². The predicted molar refractivity (Wildman–Crippen MR) is 80.5 cm³/mol. The van der Waals surface area contributed by atoms with E-state index < -0.39 is 0 Å². The molecule has 0 atom stereocenters. The van der Waals surface area contributed by atoms with Crippen LogP contribution in [0.1, 0.15) is 12.2 Å². The molecule has 0 aliphatic carbocycles. The number of nitrogens with zero attached hydrogens (tertiary/aromatic N) is 5. The van der Waals surface area contributed by atoms with Gasteiger partial charge in [-0.05, 0) is 18.6 Å². The first kappa shape index (κ1) is 13.9. The average Bonchev–Trinajstić information content (AvgIpc) is 3.14. The van der Waals surface area contributed by atoms with Crippen molar-refractivity contribution in [1.29, 1.82) is 0 Å². The van der Waals surface area contributed by atoms with E-state index in [1.54, 1.807) is 19.4 Å². The summed E-state index contributed by atoms with van der Waals surface area (Å²) in [5, 5.41) is 4.20. The van der Waals surface area contributed by atoms with Gasteiger partial charge in [-0.2, -0.15) is 10.1 Å². The number of aryl methyl sites for hydroxylation is 2. The lowest BCUT2D eigenvalue weighted by atomic mass is 10.4. The Morgan fingerprint density at radius 1 is 1.24 bits per heavy atom. The Kier molecular flexibility index (Phi) is 4.06. The number of alkyl halides is 1. The third-order valence-electron chi connectivity index (χ3n) is 3.30. The fourth-order valence-electron chi connectivity index (χ4n) is 2.31. The van der Waals surface area contributed by atoms with Crippen molar-refractivity contribution >= 4 is 22.8 Å². The first-order chi connectivity index (χ1) is 10.3. The van der Waals surface area contributed by atoms with Crippen LogP contribution in [-0.4, -0.2) is 31.4 Å². The molecule has 0 fully saturated rings. The smallest absolute Gasteiger partial charge is 0.215 e. The maximum absolute atomic E-state index is 6.00. The molecule has 3 heterocycles. The summed E-state index contributed by atoms with van der Waals surface area (Å²) in [5.41, 5.74) is 1.65. The summed E-state index contributed by atoms with van der Waals surface area (Å²) >= 11 is 6.00. The second-order valence-corrected chi connectivity index (χ2v) is 4.90. The minimum absolute atomic E-state index is 0.362. The number of hydrogen-bond acceptors (Lipinski definition) is 4. The molecule has 0 radical (unpaired) electrons. The van der Waals surface area contributed by atoms with E-state index in [0.717, 1.165) is 36.5 Å². The first-order valence-electron chi connectivity index (χ1n) is 6.75. The molecule has 110 valence electrons. The molecule has 21 heavy (non-hydrogen) atoms. The molecule has 0 aromatic carbocycles. The number of imidazole rings is 1. The Hall–Kier alpha value is -2.08. The van der Waals surface area contributed by atoms with Gasteiger partial charge in [0.15, 0.2) is 5.65 Å². The van der Waals surface area contributed by atoms with Gasteiger partial charge in [0.05, 0.1) is 13.0 Å². The van der Waals surface area contributed by atoms with Crippen LogP contribution in [0, 0.1) is 0 Å². The van der Waals surface area contributed by atoms with Crippen molar-refractivity contribution in [2.45, 2.75) is 25.4 Å². The predicted octanol–water partition coefficient (Wildman–Crippen LogP) is 2.47. The zero-order valence-corrected chi connectivity index (χ0v) is 12.5. The summed E-state index contributed by atoms with van der Waals surface area (Å²) in [6.45, 7) is 1.64. The number of rotatable bonds is 6. The highest BCUT2D eigenvalue weighted by Crippen LogP contribution is 2.19. The Morgan fingerprint density at radius 3 is 2.86 bits per heavy atom. The molecule has 0 amide bonds. The highest BCUT2D eigenvalue weighted by Gasteiger charge is 2.12. The van der Waals surface area contributed by atoms with E-state index in [1.807, 2.05) is 27.6 Å². The Balaban J connectivity index is 1.84. The van der Waals surface area contributed by atoms with Gasteiger partial charge in [0.2, 0.25) is 5.88 Å². The molecular weight excluding hydrogens is 290 g/mol. The van der Waals surface area contributed by atoms with Crippen molar-refractivity contribution < 1.29 is 4.74 Å². The van der Waals surface area contributed by atoms with E-state index in [1.165, 1.54) is 0 Å². The topological polar surface area (TPSA) is 57.8 Å². The minimum atomic E-state index is 0.362. The maximum Gasteiger partial charge on any atom is 0.215 e. The quantitative estimate of drug-likeness (QED) is 0.656. The zero-order valence-electron chi connectivity index (χ0n) is 11.7. The number of halogens is 1. The van der Waals surface area contributed by atoms with Gasteiger partial charge in [0.1, 0.15) is 11.3 Å². The number of methoxy groups -OCH3 is 1. The molecule has 7 heteroatoms. The van der Waals surface area contributed by atoms with Crippen LogP contribution >= 0.6 is 11.6 Å². The summed E-state index contributed by atoms with van der Waals surface area (Å²) in [6, 6.07) is 5.63. The standard InChI is InChI=1S/C14H16ClN5O/c1-21-13-5-4-11-14(18-13)20(12(10-15)17-11)9-3-8-19-7-2-6-16-19/h2,4-7H,3,8-10H2,1H3. The van der Waals surface area contributed by atoms with Gasteiger partial charge in [-0.1, -0.05) is 0 Å². The summed E-state index contributed by atoms with van der Waals surface area (Å²) in [4.78, 5) is 8.99. The molecule has 3 aromatic rings. The van der Waals surface area contributed by atoms with Crippen LogP contribution in [0.15, 0.2) is 30.6 Å². The summed E-state index contributed by atoms with van der Waals surface area (Å²) in [6.07, 6.45) is 4.66. The molecule has 0 saturated carbocycles. The van der Waals surface area contributed by atoms with Crippen molar-refractivity contribution in [3.05, 3.63) is 36.4 Å². The van der Waals surface area contributed by atoms with E-state index in [2.05, 4.69) is 15.1 Å². The van der Waals surface area contributed by atoms with Crippen LogP contribution in [0.4, 0.5) is 0 Å². The number of aromatic nitrogens is 5. The van der Waals surface area contributed by atoms with E-state index >= 15 is 0 Å². The van der Waals surface area contributed by atoms with E-state index in [4.69, 9.17) is 16.3 Å². The SMILES string of the molecule is COc1ccc2nc(CCl)n(CCCn3cccn3)c2n1. The molecule has 0 aliphatic rings. The minimum Gasteiger partial charge on any atom is -0.481 e. The van der Waals surface area contributed by atoms with Gasteiger partial charge < -0.3 is 9.30 Å². The third kappa shape index (κ3) is 2.85.